The number of esters is 3. The van der Waals surface area contributed by atoms with Crippen molar-refractivity contribution in [1.29, 1.82) is 0 Å². The Labute approximate surface area is 257 Å². The summed E-state index contributed by atoms with van der Waals surface area (Å²) in [6, 6.07) is -1.01. The van der Waals surface area contributed by atoms with E-state index in [0.717, 1.165) is 11.3 Å². The maximum absolute atomic E-state index is 13.3. The van der Waals surface area contributed by atoms with Gasteiger partial charge in [-0.15, -0.1) is 34.9 Å². The molecule has 3 aliphatic heterocycles. The number of cyclic esters (lactones) is 1. The molecule has 4 rings (SSSR count). The molecule has 0 bridgehead atoms. The van der Waals surface area contributed by atoms with Crippen LogP contribution in [-0.2, 0) is 43.0 Å². The summed E-state index contributed by atoms with van der Waals surface area (Å²) in [5.41, 5.74) is 5.32. The van der Waals surface area contributed by atoms with Gasteiger partial charge in [0.25, 0.3) is 11.8 Å². The SMILES string of the molecule is CO/N=C(\C(=O)N[C@@H]1C(=O)N2C(C(=O)OCOC(=O)C(C)(C)C)=C(CSC3=C(Cl)C(=O)OC3)CS[C@@H]12)c1csc(N)n1. The first-order chi connectivity index (χ1) is 19.8. The van der Waals surface area contributed by atoms with Crippen LogP contribution < -0.4 is 11.1 Å². The Balaban J connectivity index is 1.52. The first kappa shape index (κ1) is 31.7. The minimum absolute atomic E-state index is 0.000658. The first-order valence-electron chi connectivity index (χ1n) is 12.2. The average molecular weight is 660 g/mol. The topological polar surface area (TPSA) is 189 Å². The zero-order valence-corrected chi connectivity index (χ0v) is 26.0. The number of amides is 2. The van der Waals surface area contributed by atoms with Crippen molar-refractivity contribution in [2.75, 3.05) is 37.7 Å². The summed E-state index contributed by atoms with van der Waals surface area (Å²) in [7, 11) is 1.26. The number of ether oxygens (including phenoxy) is 3. The van der Waals surface area contributed by atoms with E-state index in [0.29, 0.717) is 10.5 Å². The Hall–Kier alpha value is -3.28. The van der Waals surface area contributed by atoms with Gasteiger partial charge in [-0.2, -0.15) is 0 Å². The van der Waals surface area contributed by atoms with Gasteiger partial charge in [0, 0.05) is 21.8 Å². The molecule has 4 heterocycles. The van der Waals surface area contributed by atoms with Crippen molar-refractivity contribution in [2.45, 2.75) is 32.2 Å². The van der Waals surface area contributed by atoms with Crippen LogP contribution in [0.25, 0.3) is 0 Å². The second-order valence-electron chi connectivity index (χ2n) is 9.84. The van der Waals surface area contributed by atoms with Crippen LogP contribution in [0, 0.1) is 5.41 Å². The summed E-state index contributed by atoms with van der Waals surface area (Å²) >= 11 is 9.62. The van der Waals surface area contributed by atoms with Crippen LogP contribution in [0.1, 0.15) is 26.5 Å². The van der Waals surface area contributed by atoms with Crippen LogP contribution >= 0.6 is 46.5 Å². The molecule has 0 aromatic carbocycles. The maximum Gasteiger partial charge on any atom is 0.357 e. The Morgan fingerprint density at radius 3 is 2.64 bits per heavy atom. The number of rotatable bonds is 10. The molecule has 1 fully saturated rings. The molecule has 3 aliphatic rings. The van der Waals surface area contributed by atoms with Gasteiger partial charge >= 0.3 is 17.9 Å². The van der Waals surface area contributed by atoms with E-state index in [4.69, 9.17) is 36.4 Å². The Morgan fingerprint density at radius 1 is 1.31 bits per heavy atom. The fraction of sp³-hybridized carbons (Fsp3) is 0.458. The summed E-state index contributed by atoms with van der Waals surface area (Å²) in [6.07, 6.45) is 0. The second kappa shape index (κ2) is 12.9. The van der Waals surface area contributed by atoms with E-state index in [9.17, 15) is 24.0 Å². The highest BCUT2D eigenvalue weighted by molar-refractivity contribution is 8.03. The van der Waals surface area contributed by atoms with E-state index in [2.05, 4.69) is 15.5 Å². The van der Waals surface area contributed by atoms with Gasteiger partial charge in [-0.05, 0) is 26.3 Å². The third-order valence-electron chi connectivity index (χ3n) is 5.86. The molecule has 18 heteroatoms. The molecule has 0 unspecified atom stereocenters. The van der Waals surface area contributed by atoms with Gasteiger partial charge < -0.3 is 30.1 Å². The van der Waals surface area contributed by atoms with Crippen LogP contribution in [0.3, 0.4) is 0 Å². The first-order valence-corrected chi connectivity index (χ1v) is 15.5. The van der Waals surface area contributed by atoms with Crippen LogP contribution in [0.4, 0.5) is 5.13 Å². The van der Waals surface area contributed by atoms with Crippen molar-refractivity contribution in [3.05, 3.63) is 32.3 Å². The van der Waals surface area contributed by atoms with E-state index in [1.807, 2.05) is 0 Å². The average Bonchev–Trinajstić information content (AvgIpc) is 3.51. The van der Waals surface area contributed by atoms with Gasteiger partial charge in [0.1, 0.15) is 41.6 Å². The molecule has 42 heavy (non-hydrogen) atoms. The van der Waals surface area contributed by atoms with Crippen molar-refractivity contribution >= 4 is 87.0 Å². The number of β-lactam (4-membered cyclic amide) rings is 1. The molecule has 226 valence electrons. The Kier molecular flexibility index (Phi) is 9.74. The van der Waals surface area contributed by atoms with Crippen LogP contribution in [-0.4, -0.2) is 88.7 Å². The number of thioether (sulfide) groups is 2. The number of hydrogen-bond donors (Lipinski definition) is 2. The highest BCUT2D eigenvalue weighted by Gasteiger charge is 2.54. The molecule has 14 nitrogen and oxygen atoms in total. The number of hydrogen-bond acceptors (Lipinski definition) is 15. The Bertz CT molecular complexity index is 1420. The maximum atomic E-state index is 13.3. The van der Waals surface area contributed by atoms with Gasteiger partial charge in [-0.3, -0.25) is 19.3 Å². The second-order valence-corrected chi connectivity index (χ2v) is 13.3. The van der Waals surface area contributed by atoms with Crippen molar-refractivity contribution in [3.63, 3.8) is 0 Å². The van der Waals surface area contributed by atoms with E-state index in [1.165, 1.54) is 40.9 Å². The number of anilines is 1. The normalized spacial score (nSPS) is 20.6. The largest absolute Gasteiger partial charge is 0.456 e. The lowest BCUT2D eigenvalue weighted by Crippen LogP contribution is -2.71. The molecule has 3 N–H and O–H groups in total. The fourth-order valence-corrected chi connectivity index (χ4v) is 6.99. The third-order valence-corrected chi connectivity index (χ3v) is 9.53. The molecule has 2 amide bonds. The van der Waals surface area contributed by atoms with Crippen molar-refractivity contribution in [1.82, 2.24) is 15.2 Å². The lowest BCUT2D eigenvalue weighted by molar-refractivity contribution is -0.173. The predicted molar refractivity (Wildman–Crippen MR) is 155 cm³/mol. The van der Waals surface area contributed by atoms with Crippen molar-refractivity contribution < 1.29 is 43.0 Å². The highest BCUT2D eigenvalue weighted by Crippen LogP contribution is 2.42. The van der Waals surface area contributed by atoms with E-state index < -0.39 is 53.3 Å². The molecular weight excluding hydrogens is 634 g/mol. The number of fused-ring (bicyclic) bond motifs is 1. The molecule has 1 saturated heterocycles. The molecule has 0 spiro atoms. The summed E-state index contributed by atoms with van der Waals surface area (Å²) in [5.74, 6) is -2.95. The monoisotopic (exact) mass is 659 g/mol. The molecule has 0 saturated carbocycles. The smallest absolute Gasteiger partial charge is 0.357 e. The Morgan fingerprint density at radius 2 is 2.05 bits per heavy atom. The number of thiazole rings is 1. The number of aromatic nitrogens is 1. The predicted octanol–water partition coefficient (Wildman–Crippen LogP) is 1.56. The van der Waals surface area contributed by atoms with Crippen molar-refractivity contribution in [2.24, 2.45) is 10.6 Å². The lowest BCUT2D eigenvalue weighted by Gasteiger charge is -2.49. The van der Waals surface area contributed by atoms with E-state index >= 15 is 0 Å². The van der Waals surface area contributed by atoms with Crippen LogP contribution in [0.2, 0.25) is 0 Å². The molecule has 1 aromatic rings. The zero-order chi connectivity index (χ0) is 30.8. The number of halogens is 1. The number of carbonyl (C=O) groups excluding carboxylic acids is 5. The van der Waals surface area contributed by atoms with Crippen LogP contribution in [0.15, 0.2) is 31.7 Å². The lowest BCUT2D eigenvalue weighted by atomic mass is 9.98. The molecule has 0 aliphatic carbocycles. The number of oxime groups is 1. The quantitative estimate of drug-likeness (QED) is 0.121. The van der Waals surface area contributed by atoms with E-state index in [-0.39, 0.29) is 45.4 Å². The molecule has 2 atom stereocenters. The zero-order valence-electron chi connectivity index (χ0n) is 22.8. The van der Waals surface area contributed by atoms with Gasteiger partial charge in [0.2, 0.25) is 6.79 Å². The molecular formula is C24H26ClN5O9S3. The molecule has 1 aromatic heterocycles. The number of nitrogens with one attached hydrogen (secondary N) is 1. The van der Waals surface area contributed by atoms with Crippen molar-refractivity contribution in [3.8, 4) is 0 Å². The number of carbonyl (C=O) groups is 5. The third kappa shape index (κ3) is 6.68. The molecule has 0 radical (unpaired) electrons. The minimum Gasteiger partial charge on any atom is -0.456 e. The minimum atomic E-state index is -1.01. The van der Waals surface area contributed by atoms with Gasteiger partial charge in [-0.1, -0.05) is 16.8 Å². The summed E-state index contributed by atoms with van der Waals surface area (Å²) in [5, 5.41) is 7.40. The van der Waals surface area contributed by atoms with Gasteiger partial charge in [-0.25, -0.2) is 14.6 Å². The summed E-state index contributed by atoms with van der Waals surface area (Å²) in [6.45, 7) is 4.28. The fourth-order valence-electron chi connectivity index (χ4n) is 3.76. The number of nitrogens with zero attached hydrogens (tertiary/aromatic N) is 3. The highest BCUT2D eigenvalue weighted by atomic mass is 35.5. The van der Waals surface area contributed by atoms with E-state index in [1.54, 1.807) is 20.8 Å². The van der Waals surface area contributed by atoms with Gasteiger partial charge in [0.15, 0.2) is 10.8 Å². The standard InChI is InChI=1S/C24H26ClN5O9S3/c1-24(2,3)22(35)39-9-38-21(34)16-10(6-40-12-5-37-20(33)13(12)25)7-41-19-15(18(32)30(16)19)28-17(31)14(29-36-4)11-8-42-23(26)27-11/h8,15,19H,5-7,9H2,1-4H3,(H2,26,27)(H,28,31)/b29-14-/t15-,19+/m1/s1. The van der Waals surface area contributed by atoms with Gasteiger partial charge in [0.05, 0.1) is 5.41 Å². The number of nitrogen functional groups attached to an aromatic ring is 1. The number of nitrogens with two attached hydrogens (primary N) is 1. The van der Waals surface area contributed by atoms with Crippen LogP contribution in [0.5, 0.6) is 0 Å². The summed E-state index contributed by atoms with van der Waals surface area (Å²) < 4.78 is 15.2. The summed E-state index contributed by atoms with van der Waals surface area (Å²) in [4.78, 5) is 73.9.